The standard InChI is InChI=1S/C15H13IN2O2S/c1-9-2-3-10(8-13(9)16)14(20)18-15(21)17-11-4-6-12(19)7-5-11/h2-8,19H,1H3,(H2,17,18,20,21). The first-order valence-corrected chi connectivity index (χ1v) is 7.62. The van der Waals surface area contributed by atoms with E-state index < -0.39 is 0 Å². The minimum atomic E-state index is -0.260. The van der Waals surface area contributed by atoms with Crippen molar-refractivity contribution in [2.45, 2.75) is 6.92 Å². The average molecular weight is 412 g/mol. The van der Waals surface area contributed by atoms with Gasteiger partial charge in [0.05, 0.1) is 0 Å². The number of anilines is 1. The Labute approximate surface area is 141 Å². The van der Waals surface area contributed by atoms with Gasteiger partial charge in [0.15, 0.2) is 5.11 Å². The van der Waals surface area contributed by atoms with Crippen molar-refractivity contribution < 1.29 is 9.90 Å². The third kappa shape index (κ3) is 4.40. The van der Waals surface area contributed by atoms with Gasteiger partial charge in [-0.3, -0.25) is 10.1 Å². The van der Waals surface area contributed by atoms with Gasteiger partial charge in [-0.1, -0.05) is 6.07 Å². The van der Waals surface area contributed by atoms with E-state index in [0.29, 0.717) is 11.3 Å². The number of benzene rings is 2. The van der Waals surface area contributed by atoms with Gasteiger partial charge in [0, 0.05) is 14.8 Å². The molecule has 0 radical (unpaired) electrons. The summed E-state index contributed by atoms with van der Waals surface area (Å²) in [5.74, 6) is -0.0890. The second-order valence-corrected chi connectivity index (χ2v) is 5.99. The highest BCUT2D eigenvalue weighted by Crippen LogP contribution is 2.15. The Morgan fingerprint density at radius 3 is 2.48 bits per heavy atom. The molecule has 0 aliphatic carbocycles. The number of nitrogens with one attached hydrogen (secondary N) is 2. The van der Waals surface area contributed by atoms with E-state index in [1.165, 1.54) is 12.1 Å². The summed E-state index contributed by atoms with van der Waals surface area (Å²) in [5, 5.41) is 14.9. The molecule has 4 nitrogen and oxygen atoms in total. The van der Waals surface area contributed by atoms with E-state index in [2.05, 4.69) is 33.2 Å². The lowest BCUT2D eigenvalue weighted by molar-refractivity contribution is 0.0977. The van der Waals surface area contributed by atoms with Crippen molar-refractivity contribution >= 4 is 51.5 Å². The third-order valence-electron chi connectivity index (χ3n) is 2.79. The van der Waals surface area contributed by atoms with Crippen molar-refractivity contribution in [1.82, 2.24) is 5.32 Å². The highest BCUT2D eigenvalue weighted by atomic mass is 127. The molecule has 1 amide bonds. The van der Waals surface area contributed by atoms with Crippen molar-refractivity contribution in [2.75, 3.05) is 5.32 Å². The van der Waals surface area contributed by atoms with Crippen LogP contribution in [-0.4, -0.2) is 16.1 Å². The average Bonchev–Trinajstić information content (AvgIpc) is 2.44. The summed E-state index contributed by atoms with van der Waals surface area (Å²) in [5.41, 5.74) is 2.37. The largest absolute Gasteiger partial charge is 0.508 e. The van der Waals surface area contributed by atoms with Crippen molar-refractivity contribution in [2.24, 2.45) is 0 Å². The van der Waals surface area contributed by atoms with Gasteiger partial charge >= 0.3 is 0 Å². The second-order valence-electron chi connectivity index (χ2n) is 4.42. The zero-order valence-corrected chi connectivity index (χ0v) is 14.2. The van der Waals surface area contributed by atoms with Crippen LogP contribution < -0.4 is 10.6 Å². The fraction of sp³-hybridized carbons (Fsp3) is 0.0667. The number of halogens is 1. The number of phenolic OH excluding ortho intramolecular Hbond substituents is 1. The molecule has 2 rings (SSSR count). The number of amides is 1. The minimum absolute atomic E-state index is 0.171. The predicted octanol–water partition coefficient (Wildman–Crippen LogP) is 3.43. The molecule has 0 fully saturated rings. The lowest BCUT2D eigenvalue weighted by atomic mass is 10.1. The van der Waals surface area contributed by atoms with Crippen LogP contribution in [-0.2, 0) is 0 Å². The first kappa shape index (κ1) is 15.7. The molecule has 2 aromatic rings. The van der Waals surface area contributed by atoms with Crippen LogP contribution in [0.25, 0.3) is 0 Å². The summed E-state index contributed by atoms with van der Waals surface area (Å²) in [6.45, 7) is 1.99. The van der Waals surface area contributed by atoms with Crippen molar-refractivity contribution in [1.29, 1.82) is 0 Å². The third-order valence-corrected chi connectivity index (χ3v) is 4.15. The summed E-state index contributed by atoms with van der Waals surface area (Å²) in [6, 6.07) is 11.9. The van der Waals surface area contributed by atoms with E-state index in [-0.39, 0.29) is 16.8 Å². The Hall–Kier alpha value is -1.67. The van der Waals surface area contributed by atoms with Crippen LogP contribution in [0, 0.1) is 10.5 Å². The molecule has 6 heteroatoms. The fourth-order valence-electron chi connectivity index (χ4n) is 1.62. The Morgan fingerprint density at radius 2 is 1.86 bits per heavy atom. The number of phenols is 1. The molecule has 0 aliphatic heterocycles. The molecule has 0 heterocycles. The van der Waals surface area contributed by atoms with Gasteiger partial charge < -0.3 is 10.4 Å². The number of rotatable bonds is 2. The molecule has 0 saturated carbocycles. The van der Waals surface area contributed by atoms with E-state index in [1.807, 2.05) is 19.1 Å². The van der Waals surface area contributed by atoms with Crippen LogP contribution in [0.4, 0.5) is 5.69 Å². The number of aromatic hydroxyl groups is 1. The SMILES string of the molecule is Cc1ccc(C(=O)NC(=S)Nc2ccc(O)cc2)cc1I. The van der Waals surface area contributed by atoms with Crippen LogP contribution in [0.2, 0.25) is 0 Å². The summed E-state index contributed by atoms with van der Waals surface area (Å²) in [7, 11) is 0. The molecule has 0 spiro atoms. The molecule has 0 unspecified atom stereocenters. The number of carbonyl (C=O) groups is 1. The molecular weight excluding hydrogens is 399 g/mol. The Balaban J connectivity index is 2.00. The molecule has 0 atom stereocenters. The maximum Gasteiger partial charge on any atom is 0.257 e. The van der Waals surface area contributed by atoms with Crippen LogP contribution in [0.1, 0.15) is 15.9 Å². The number of hydrogen-bond acceptors (Lipinski definition) is 3. The van der Waals surface area contributed by atoms with Crippen molar-refractivity contribution in [3.63, 3.8) is 0 Å². The number of carbonyl (C=O) groups excluding carboxylic acids is 1. The van der Waals surface area contributed by atoms with Gasteiger partial charge in [0.2, 0.25) is 0 Å². The maximum absolute atomic E-state index is 12.1. The van der Waals surface area contributed by atoms with Gasteiger partial charge in [-0.05, 0) is 83.7 Å². The monoisotopic (exact) mass is 412 g/mol. The summed E-state index contributed by atoms with van der Waals surface area (Å²) < 4.78 is 1.03. The van der Waals surface area contributed by atoms with Crippen LogP contribution in [0.15, 0.2) is 42.5 Å². The first-order chi connectivity index (χ1) is 9.95. The van der Waals surface area contributed by atoms with E-state index in [4.69, 9.17) is 12.2 Å². The Morgan fingerprint density at radius 1 is 1.19 bits per heavy atom. The highest BCUT2D eigenvalue weighted by molar-refractivity contribution is 14.1. The van der Waals surface area contributed by atoms with E-state index in [9.17, 15) is 9.90 Å². The zero-order valence-electron chi connectivity index (χ0n) is 11.2. The number of hydrogen-bond donors (Lipinski definition) is 3. The van der Waals surface area contributed by atoms with Crippen molar-refractivity contribution in [3.05, 3.63) is 57.2 Å². The number of thiocarbonyl (C=S) groups is 1. The van der Waals surface area contributed by atoms with E-state index in [1.54, 1.807) is 18.2 Å². The van der Waals surface area contributed by atoms with Crippen LogP contribution >= 0.6 is 34.8 Å². The smallest absolute Gasteiger partial charge is 0.257 e. The zero-order chi connectivity index (χ0) is 15.4. The normalized spacial score (nSPS) is 10.0. The molecule has 0 aromatic heterocycles. The first-order valence-electron chi connectivity index (χ1n) is 6.13. The minimum Gasteiger partial charge on any atom is -0.508 e. The van der Waals surface area contributed by atoms with Gasteiger partial charge in [-0.2, -0.15) is 0 Å². The number of aryl methyl sites for hydroxylation is 1. The highest BCUT2D eigenvalue weighted by Gasteiger charge is 2.09. The molecule has 0 aliphatic rings. The topological polar surface area (TPSA) is 61.4 Å². The molecule has 0 bridgehead atoms. The van der Waals surface area contributed by atoms with E-state index in [0.717, 1.165) is 9.13 Å². The lowest BCUT2D eigenvalue weighted by Gasteiger charge is -2.10. The summed E-state index contributed by atoms with van der Waals surface area (Å²) in [6.07, 6.45) is 0. The second kappa shape index (κ2) is 6.86. The van der Waals surface area contributed by atoms with Gasteiger partial charge in [-0.25, -0.2) is 0 Å². The summed E-state index contributed by atoms with van der Waals surface area (Å²) >= 11 is 7.28. The Bertz CT molecular complexity index is 687. The van der Waals surface area contributed by atoms with Crippen LogP contribution in [0.5, 0.6) is 5.75 Å². The maximum atomic E-state index is 12.1. The van der Waals surface area contributed by atoms with Gasteiger partial charge in [0.1, 0.15) is 5.75 Å². The molecule has 0 saturated heterocycles. The van der Waals surface area contributed by atoms with E-state index >= 15 is 0 Å². The van der Waals surface area contributed by atoms with Gasteiger partial charge in [0.25, 0.3) is 5.91 Å². The molecular formula is C15H13IN2O2S. The predicted molar refractivity (Wildman–Crippen MR) is 95.7 cm³/mol. The molecule has 3 N–H and O–H groups in total. The quantitative estimate of drug-likeness (QED) is 0.402. The molecule has 108 valence electrons. The van der Waals surface area contributed by atoms with Crippen molar-refractivity contribution in [3.8, 4) is 5.75 Å². The van der Waals surface area contributed by atoms with Gasteiger partial charge in [-0.15, -0.1) is 0 Å². The summed E-state index contributed by atoms with van der Waals surface area (Å²) in [4.78, 5) is 12.1. The van der Waals surface area contributed by atoms with Crippen LogP contribution in [0.3, 0.4) is 0 Å². The fourth-order valence-corrected chi connectivity index (χ4v) is 2.34. The molecule has 2 aromatic carbocycles. The Kier molecular flexibility index (Phi) is 5.13. The molecule has 21 heavy (non-hydrogen) atoms. The lowest BCUT2D eigenvalue weighted by Crippen LogP contribution is -2.34.